The Morgan fingerprint density at radius 3 is 2.84 bits per heavy atom. The molecule has 0 unspecified atom stereocenters. The molecule has 7 heteroatoms. The minimum Gasteiger partial charge on any atom is -0.497 e. The van der Waals surface area contributed by atoms with Gasteiger partial charge in [-0.25, -0.2) is 9.67 Å². The van der Waals surface area contributed by atoms with Gasteiger partial charge in [0.25, 0.3) is 0 Å². The maximum absolute atomic E-state index is 12.5. The predicted octanol–water partition coefficient (Wildman–Crippen LogP) is 1.80. The van der Waals surface area contributed by atoms with Crippen LogP contribution in [0.15, 0.2) is 36.9 Å². The highest BCUT2D eigenvalue weighted by molar-refractivity contribution is 5.79. The number of amides is 1. The van der Waals surface area contributed by atoms with E-state index in [1.165, 1.54) is 19.2 Å². The van der Waals surface area contributed by atoms with Gasteiger partial charge in [0.05, 0.1) is 13.2 Å². The third-order valence-electron chi connectivity index (χ3n) is 4.74. The van der Waals surface area contributed by atoms with E-state index < -0.39 is 0 Å². The summed E-state index contributed by atoms with van der Waals surface area (Å²) >= 11 is 0. The topological polar surface area (TPSA) is 72.3 Å². The molecule has 1 fully saturated rings. The van der Waals surface area contributed by atoms with Crippen LogP contribution in [0.2, 0.25) is 0 Å². The molecule has 0 aliphatic carbocycles. The number of aromatic nitrogens is 3. The smallest absolute Gasteiger partial charge is 0.244 e. The zero-order chi connectivity index (χ0) is 17.6. The summed E-state index contributed by atoms with van der Waals surface area (Å²) in [5.41, 5.74) is 1.16. The molecule has 1 N–H and O–H groups in total. The van der Waals surface area contributed by atoms with E-state index in [9.17, 15) is 4.79 Å². The SMILES string of the molecule is COc1cccc([C@H](CNC(=O)[C@@H](C)n2cncn2)N2CCCC2)c1. The first kappa shape index (κ1) is 17.4. The minimum absolute atomic E-state index is 0.0578. The fourth-order valence-electron chi connectivity index (χ4n) is 3.24. The highest BCUT2D eigenvalue weighted by Crippen LogP contribution is 2.27. The zero-order valence-corrected chi connectivity index (χ0v) is 14.8. The Hall–Kier alpha value is -2.41. The summed E-state index contributed by atoms with van der Waals surface area (Å²) < 4.78 is 6.92. The molecule has 0 radical (unpaired) electrons. The second kappa shape index (κ2) is 8.11. The standard InChI is InChI=1S/C18H25N5O2/c1-14(23-13-19-12-21-23)18(24)20-11-17(22-8-3-4-9-22)15-6-5-7-16(10-15)25-2/h5-7,10,12-14,17H,3-4,8-9,11H2,1-2H3,(H,20,24)/t14-,17+/m1/s1. The van der Waals surface area contributed by atoms with Crippen molar-refractivity contribution in [3.05, 3.63) is 42.5 Å². The molecule has 0 spiro atoms. The summed E-state index contributed by atoms with van der Waals surface area (Å²) in [4.78, 5) is 18.8. The van der Waals surface area contributed by atoms with Gasteiger partial charge in [0, 0.05) is 6.54 Å². The lowest BCUT2D eigenvalue weighted by molar-refractivity contribution is -0.124. The zero-order valence-electron chi connectivity index (χ0n) is 14.8. The lowest BCUT2D eigenvalue weighted by atomic mass is 10.0. The van der Waals surface area contributed by atoms with Gasteiger partial charge in [-0.1, -0.05) is 12.1 Å². The fourth-order valence-corrected chi connectivity index (χ4v) is 3.24. The van der Waals surface area contributed by atoms with E-state index >= 15 is 0 Å². The first-order valence-electron chi connectivity index (χ1n) is 8.69. The van der Waals surface area contributed by atoms with Gasteiger partial charge in [0.1, 0.15) is 24.4 Å². The number of likely N-dealkylation sites (tertiary alicyclic amines) is 1. The fraction of sp³-hybridized carbons (Fsp3) is 0.500. The van der Waals surface area contributed by atoms with Crippen LogP contribution in [0.4, 0.5) is 0 Å². The van der Waals surface area contributed by atoms with Crippen molar-refractivity contribution in [2.75, 3.05) is 26.7 Å². The van der Waals surface area contributed by atoms with Crippen LogP contribution in [0.5, 0.6) is 5.75 Å². The average molecular weight is 343 g/mol. The maximum atomic E-state index is 12.5. The lowest BCUT2D eigenvalue weighted by Gasteiger charge is -2.29. The van der Waals surface area contributed by atoms with Crippen molar-refractivity contribution in [1.29, 1.82) is 0 Å². The second-order valence-electron chi connectivity index (χ2n) is 6.33. The number of benzene rings is 1. The van der Waals surface area contributed by atoms with Crippen molar-refractivity contribution in [1.82, 2.24) is 25.0 Å². The number of hydrogen-bond donors (Lipinski definition) is 1. The summed E-state index contributed by atoms with van der Waals surface area (Å²) in [7, 11) is 1.67. The number of hydrogen-bond acceptors (Lipinski definition) is 5. The number of ether oxygens (including phenoxy) is 1. The summed E-state index contributed by atoms with van der Waals surface area (Å²) in [5, 5.41) is 7.11. The molecule has 2 heterocycles. The van der Waals surface area contributed by atoms with E-state index in [0.29, 0.717) is 6.54 Å². The van der Waals surface area contributed by atoms with Crippen LogP contribution < -0.4 is 10.1 Å². The van der Waals surface area contributed by atoms with Crippen molar-refractivity contribution in [3.8, 4) is 5.75 Å². The first-order chi connectivity index (χ1) is 12.2. The first-order valence-corrected chi connectivity index (χ1v) is 8.69. The van der Waals surface area contributed by atoms with Gasteiger partial charge in [-0.05, 0) is 50.6 Å². The monoisotopic (exact) mass is 343 g/mol. The van der Waals surface area contributed by atoms with Crippen molar-refractivity contribution < 1.29 is 9.53 Å². The summed E-state index contributed by atoms with van der Waals surface area (Å²) in [6.07, 6.45) is 5.39. The Morgan fingerprint density at radius 1 is 1.36 bits per heavy atom. The summed E-state index contributed by atoms with van der Waals surface area (Å²) in [6.45, 7) is 4.48. The largest absolute Gasteiger partial charge is 0.497 e. The predicted molar refractivity (Wildman–Crippen MR) is 94.3 cm³/mol. The van der Waals surface area contributed by atoms with Crippen LogP contribution in [-0.4, -0.2) is 52.3 Å². The third kappa shape index (κ3) is 4.17. The number of nitrogens with zero attached hydrogens (tertiary/aromatic N) is 4. The summed E-state index contributed by atoms with van der Waals surface area (Å²) in [5.74, 6) is 0.779. The Morgan fingerprint density at radius 2 is 2.16 bits per heavy atom. The van der Waals surface area contributed by atoms with Crippen LogP contribution in [-0.2, 0) is 4.79 Å². The molecule has 0 saturated carbocycles. The van der Waals surface area contributed by atoms with Gasteiger partial charge in [0.15, 0.2) is 0 Å². The molecule has 3 rings (SSSR count). The van der Waals surface area contributed by atoms with Crippen molar-refractivity contribution in [2.24, 2.45) is 0 Å². The van der Waals surface area contributed by atoms with Crippen molar-refractivity contribution >= 4 is 5.91 Å². The molecule has 7 nitrogen and oxygen atoms in total. The Balaban J connectivity index is 1.70. The van der Waals surface area contributed by atoms with E-state index in [4.69, 9.17) is 4.74 Å². The highest BCUT2D eigenvalue weighted by Gasteiger charge is 2.25. The van der Waals surface area contributed by atoms with Gasteiger partial charge in [0.2, 0.25) is 5.91 Å². The van der Waals surface area contributed by atoms with Crippen molar-refractivity contribution in [3.63, 3.8) is 0 Å². The molecule has 1 amide bonds. The molecule has 0 bridgehead atoms. The Labute approximate surface area is 148 Å². The number of carbonyl (C=O) groups excluding carboxylic acids is 1. The number of nitrogens with one attached hydrogen (secondary N) is 1. The van der Waals surface area contributed by atoms with E-state index in [1.807, 2.05) is 19.1 Å². The van der Waals surface area contributed by atoms with Crippen LogP contribution in [0.1, 0.15) is 37.4 Å². The van der Waals surface area contributed by atoms with Crippen LogP contribution in [0, 0.1) is 0 Å². The van der Waals surface area contributed by atoms with E-state index in [2.05, 4.69) is 32.4 Å². The number of rotatable bonds is 7. The molecule has 1 aromatic heterocycles. The van der Waals surface area contributed by atoms with E-state index in [-0.39, 0.29) is 18.0 Å². The van der Waals surface area contributed by atoms with Crippen LogP contribution >= 0.6 is 0 Å². The average Bonchev–Trinajstić information content (AvgIpc) is 3.35. The molecule has 1 aliphatic heterocycles. The Bertz CT molecular complexity index is 683. The molecular formula is C18H25N5O2. The van der Waals surface area contributed by atoms with E-state index in [1.54, 1.807) is 18.1 Å². The molecule has 134 valence electrons. The minimum atomic E-state index is -0.382. The van der Waals surface area contributed by atoms with Gasteiger partial charge in [-0.15, -0.1) is 0 Å². The third-order valence-corrected chi connectivity index (χ3v) is 4.74. The number of carbonyl (C=O) groups is 1. The lowest BCUT2D eigenvalue weighted by Crippen LogP contribution is -2.39. The molecule has 1 aromatic carbocycles. The molecule has 1 aliphatic rings. The molecule has 2 atom stereocenters. The number of methoxy groups -OCH3 is 1. The van der Waals surface area contributed by atoms with Gasteiger partial charge >= 0.3 is 0 Å². The normalized spacial score (nSPS) is 17.2. The Kier molecular flexibility index (Phi) is 5.65. The molecular weight excluding hydrogens is 318 g/mol. The second-order valence-corrected chi connectivity index (χ2v) is 6.33. The van der Waals surface area contributed by atoms with Gasteiger partial charge in [-0.3, -0.25) is 9.69 Å². The van der Waals surface area contributed by atoms with Gasteiger partial charge in [-0.2, -0.15) is 5.10 Å². The molecule has 1 saturated heterocycles. The maximum Gasteiger partial charge on any atom is 0.244 e. The van der Waals surface area contributed by atoms with Crippen molar-refractivity contribution in [2.45, 2.75) is 31.8 Å². The highest BCUT2D eigenvalue weighted by atomic mass is 16.5. The quantitative estimate of drug-likeness (QED) is 0.830. The van der Waals surface area contributed by atoms with Crippen LogP contribution in [0.25, 0.3) is 0 Å². The summed E-state index contributed by atoms with van der Waals surface area (Å²) in [6, 6.07) is 7.85. The van der Waals surface area contributed by atoms with Gasteiger partial charge < -0.3 is 10.1 Å². The molecule has 2 aromatic rings. The molecule has 25 heavy (non-hydrogen) atoms. The van der Waals surface area contributed by atoms with Crippen LogP contribution in [0.3, 0.4) is 0 Å². The van der Waals surface area contributed by atoms with E-state index in [0.717, 1.165) is 24.4 Å².